The van der Waals surface area contributed by atoms with Crippen LogP contribution < -0.4 is 11.1 Å². The van der Waals surface area contributed by atoms with E-state index in [1.165, 1.54) is 6.07 Å². The molecule has 0 spiro atoms. The second kappa shape index (κ2) is 7.08. The van der Waals surface area contributed by atoms with Gasteiger partial charge in [-0.1, -0.05) is 23.7 Å². The molecule has 10 heteroatoms. The number of nitrogens with two attached hydrogens (primary N) is 1. The molecule has 3 aromatic rings. The Balaban J connectivity index is 1.67. The number of halogens is 1. The summed E-state index contributed by atoms with van der Waals surface area (Å²) >= 11 is 7.22. The van der Waals surface area contributed by atoms with E-state index in [4.69, 9.17) is 17.3 Å². The summed E-state index contributed by atoms with van der Waals surface area (Å²) in [5.41, 5.74) is 7.39. The van der Waals surface area contributed by atoms with Crippen LogP contribution >= 0.6 is 23.4 Å². The third kappa shape index (κ3) is 3.56. The maximum absolute atomic E-state index is 12.5. The van der Waals surface area contributed by atoms with Gasteiger partial charge in [-0.25, -0.2) is 0 Å². The van der Waals surface area contributed by atoms with Gasteiger partial charge in [0.15, 0.2) is 5.96 Å². The number of hydrogen-bond acceptors (Lipinski definition) is 5. The summed E-state index contributed by atoms with van der Waals surface area (Å²) in [4.78, 5) is 8.81. The van der Waals surface area contributed by atoms with Gasteiger partial charge >= 0.3 is 0 Å². The number of aromatic nitrogens is 1. The van der Waals surface area contributed by atoms with E-state index >= 15 is 0 Å². The van der Waals surface area contributed by atoms with Gasteiger partial charge in [0.1, 0.15) is 4.90 Å². The first-order valence-electron chi connectivity index (χ1n) is 8.10. The number of nitrogens with zero attached hydrogens (tertiary/aromatic N) is 3. The average molecular weight is 432 g/mol. The number of fused-ring (bicyclic) bond motifs is 2. The predicted octanol–water partition coefficient (Wildman–Crippen LogP) is 3.77. The van der Waals surface area contributed by atoms with Crippen LogP contribution in [0.2, 0.25) is 5.02 Å². The highest BCUT2D eigenvalue weighted by molar-refractivity contribution is 8.15. The van der Waals surface area contributed by atoms with Crippen LogP contribution in [0, 0.1) is 6.92 Å². The molecule has 1 aromatic heterocycles. The van der Waals surface area contributed by atoms with E-state index in [1.807, 2.05) is 24.3 Å². The van der Waals surface area contributed by atoms with Crippen molar-refractivity contribution in [3.8, 4) is 0 Å². The Hall–Kier alpha value is -2.62. The Labute approximate surface area is 170 Å². The molecule has 0 aliphatic carbocycles. The molecule has 2 aromatic carbocycles. The molecule has 1 aliphatic rings. The maximum atomic E-state index is 12.5. The van der Waals surface area contributed by atoms with Gasteiger partial charge in [0.2, 0.25) is 5.17 Å². The van der Waals surface area contributed by atoms with E-state index in [9.17, 15) is 8.42 Å². The first-order valence-corrected chi connectivity index (χ1v) is 10.7. The van der Waals surface area contributed by atoms with E-state index in [0.29, 0.717) is 15.5 Å². The lowest BCUT2D eigenvalue weighted by Gasteiger charge is -2.15. The summed E-state index contributed by atoms with van der Waals surface area (Å²) in [7, 11) is -3.87. The number of nitrogens with one attached hydrogen (secondary N) is 1. The van der Waals surface area contributed by atoms with Gasteiger partial charge in [0, 0.05) is 38.8 Å². The molecular weight excluding hydrogens is 418 g/mol. The minimum Gasteiger partial charge on any atom is -0.369 e. The van der Waals surface area contributed by atoms with Crippen LogP contribution in [0.15, 0.2) is 68.0 Å². The molecule has 0 fully saturated rings. The van der Waals surface area contributed by atoms with Crippen LogP contribution in [0.25, 0.3) is 10.8 Å². The van der Waals surface area contributed by atoms with Gasteiger partial charge in [-0.05, 0) is 48.5 Å². The van der Waals surface area contributed by atoms with Crippen LogP contribution in [0.5, 0.6) is 0 Å². The van der Waals surface area contributed by atoms with Crippen molar-refractivity contribution in [3.05, 3.63) is 59.4 Å². The number of amidine groups is 1. The number of pyridine rings is 1. The van der Waals surface area contributed by atoms with Crippen molar-refractivity contribution in [2.24, 2.45) is 15.1 Å². The highest BCUT2D eigenvalue weighted by atomic mass is 35.5. The van der Waals surface area contributed by atoms with Crippen molar-refractivity contribution in [2.45, 2.75) is 16.7 Å². The first-order chi connectivity index (χ1) is 13.3. The van der Waals surface area contributed by atoms with Crippen LogP contribution in [-0.4, -0.2) is 24.5 Å². The highest BCUT2D eigenvalue weighted by Gasteiger charge is 2.27. The normalized spacial score (nSPS) is 15.8. The number of anilines is 1. The molecule has 0 radical (unpaired) electrons. The van der Waals surface area contributed by atoms with Gasteiger partial charge in [-0.3, -0.25) is 4.98 Å². The zero-order valence-corrected chi connectivity index (χ0v) is 16.9. The summed E-state index contributed by atoms with van der Waals surface area (Å²) in [5, 5.41) is 5.32. The predicted molar refractivity (Wildman–Crippen MR) is 114 cm³/mol. The van der Waals surface area contributed by atoms with Gasteiger partial charge < -0.3 is 11.1 Å². The minimum absolute atomic E-state index is 0.0133. The molecule has 7 nitrogen and oxygen atoms in total. The Morgan fingerprint density at radius 2 is 2.11 bits per heavy atom. The molecule has 0 atom stereocenters. The number of aliphatic imine (C=N–C) groups is 1. The summed E-state index contributed by atoms with van der Waals surface area (Å²) in [6.45, 7) is 1.74. The van der Waals surface area contributed by atoms with E-state index in [2.05, 4.69) is 19.7 Å². The van der Waals surface area contributed by atoms with Crippen LogP contribution in [0.1, 0.15) is 5.56 Å². The lowest BCUT2D eigenvalue weighted by molar-refractivity contribution is 0.595. The third-order valence-electron chi connectivity index (χ3n) is 4.06. The zero-order valence-electron chi connectivity index (χ0n) is 14.5. The number of thioether (sulfide) groups is 1. The molecule has 0 unspecified atom stereocenters. The second-order valence-corrected chi connectivity index (χ2v) is 9.01. The summed E-state index contributed by atoms with van der Waals surface area (Å²) in [5.74, 6) is 0.0208. The van der Waals surface area contributed by atoms with Crippen molar-refractivity contribution in [1.29, 1.82) is 0 Å². The third-order valence-corrected chi connectivity index (χ3v) is 6.94. The molecule has 3 N–H and O–H groups in total. The SMILES string of the molecule is Cc1cc2c(cc1Cl)SC(/N=C(/N)Nc1cccc3cnccc13)=NS2(=O)=O. The van der Waals surface area contributed by atoms with Crippen LogP contribution in [-0.2, 0) is 10.0 Å². The second-order valence-electron chi connectivity index (χ2n) is 6.02. The Morgan fingerprint density at radius 3 is 2.93 bits per heavy atom. The van der Waals surface area contributed by atoms with E-state index in [-0.39, 0.29) is 16.0 Å². The van der Waals surface area contributed by atoms with Gasteiger partial charge in [0.05, 0.1) is 0 Å². The molecular formula is C18H14ClN5O2S2. The summed E-state index contributed by atoms with van der Waals surface area (Å²) in [6.07, 6.45) is 3.42. The standard InChI is InChI=1S/C18H14ClN5O2S2/c1-10-7-16-15(8-13(10)19)27-18(24-28(16,25)26)23-17(20)22-14-4-2-3-11-9-21-6-5-12(11)14/h2-9H,1H3,(H3,20,22,23,24). The average Bonchev–Trinajstić information content (AvgIpc) is 2.63. The van der Waals surface area contributed by atoms with Crippen molar-refractivity contribution in [3.63, 3.8) is 0 Å². The lowest BCUT2D eigenvalue weighted by Crippen LogP contribution is -2.24. The molecule has 0 saturated carbocycles. The van der Waals surface area contributed by atoms with Gasteiger partial charge in [0.25, 0.3) is 10.0 Å². The van der Waals surface area contributed by atoms with E-state index in [0.717, 1.165) is 28.2 Å². The van der Waals surface area contributed by atoms with Crippen LogP contribution in [0.3, 0.4) is 0 Å². The van der Waals surface area contributed by atoms with Crippen molar-refractivity contribution in [2.75, 3.05) is 5.32 Å². The van der Waals surface area contributed by atoms with Crippen LogP contribution in [0.4, 0.5) is 5.69 Å². The number of guanidine groups is 1. The fraction of sp³-hybridized carbons (Fsp3) is 0.0556. The van der Waals surface area contributed by atoms with Gasteiger partial charge in [-0.15, -0.1) is 4.40 Å². The number of rotatable bonds is 1. The molecule has 142 valence electrons. The monoisotopic (exact) mass is 431 g/mol. The fourth-order valence-electron chi connectivity index (χ4n) is 2.73. The Kier molecular flexibility index (Phi) is 4.74. The molecule has 4 rings (SSSR count). The maximum Gasteiger partial charge on any atom is 0.285 e. The molecule has 1 aliphatic heterocycles. The molecule has 0 bridgehead atoms. The summed E-state index contributed by atoms with van der Waals surface area (Å²) in [6, 6.07) is 10.6. The number of benzene rings is 2. The number of sulfonamides is 1. The van der Waals surface area contributed by atoms with Gasteiger partial charge in [-0.2, -0.15) is 13.4 Å². The van der Waals surface area contributed by atoms with Crippen molar-refractivity contribution in [1.82, 2.24) is 4.98 Å². The topological polar surface area (TPSA) is 110 Å². The van der Waals surface area contributed by atoms with Crippen molar-refractivity contribution < 1.29 is 8.42 Å². The highest BCUT2D eigenvalue weighted by Crippen LogP contribution is 2.37. The Bertz CT molecular complexity index is 1270. The largest absolute Gasteiger partial charge is 0.369 e. The number of hydrogen-bond donors (Lipinski definition) is 2. The van der Waals surface area contributed by atoms with E-state index in [1.54, 1.807) is 25.4 Å². The molecule has 28 heavy (non-hydrogen) atoms. The van der Waals surface area contributed by atoms with E-state index < -0.39 is 10.0 Å². The fourth-order valence-corrected chi connectivity index (χ4v) is 5.50. The number of aryl methyl sites for hydroxylation is 1. The minimum atomic E-state index is -3.87. The smallest absolute Gasteiger partial charge is 0.285 e. The first kappa shape index (κ1) is 18.7. The molecule has 0 amide bonds. The summed E-state index contributed by atoms with van der Waals surface area (Å²) < 4.78 is 28.7. The Morgan fingerprint density at radius 1 is 1.29 bits per heavy atom. The lowest BCUT2D eigenvalue weighted by atomic mass is 10.1. The molecule has 2 heterocycles. The quantitative estimate of drug-likeness (QED) is 0.448. The van der Waals surface area contributed by atoms with Crippen molar-refractivity contribution >= 4 is 61.0 Å². The zero-order chi connectivity index (χ0) is 19.9. The molecule has 0 saturated heterocycles.